The van der Waals surface area contributed by atoms with Crippen molar-refractivity contribution in [3.05, 3.63) is 59.7 Å². The highest BCUT2D eigenvalue weighted by molar-refractivity contribution is 6.01. The molecular weight excluding hydrogens is 339 g/mol. The third kappa shape index (κ3) is 5.83. The SMILES string of the molecule is O=C(O)CC(=O)Nc1ccc(OCc2ccc(C(F)(F)F)cc2)cc1. The molecule has 0 aliphatic heterocycles. The second-order valence-electron chi connectivity index (χ2n) is 5.13. The zero-order valence-corrected chi connectivity index (χ0v) is 12.8. The predicted octanol–water partition coefficient (Wildman–Crippen LogP) is 3.70. The van der Waals surface area contributed by atoms with E-state index < -0.39 is 30.0 Å². The molecule has 0 atom stereocenters. The summed E-state index contributed by atoms with van der Waals surface area (Å²) in [4.78, 5) is 21.7. The Labute approximate surface area is 141 Å². The van der Waals surface area contributed by atoms with Crippen LogP contribution < -0.4 is 10.1 Å². The zero-order chi connectivity index (χ0) is 18.4. The van der Waals surface area contributed by atoms with E-state index >= 15 is 0 Å². The molecule has 0 radical (unpaired) electrons. The fourth-order valence-corrected chi connectivity index (χ4v) is 1.93. The number of benzene rings is 2. The third-order valence-electron chi connectivity index (χ3n) is 3.14. The molecule has 2 aromatic carbocycles. The van der Waals surface area contributed by atoms with Crippen LogP contribution in [-0.4, -0.2) is 17.0 Å². The van der Waals surface area contributed by atoms with Crippen molar-refractivity contribution in [3.8, 4) is 5.75 Å². The van der Waals surface area contributed by atoms with Gasteiger partial charge in [0, 0.05) is 5.69 Å². The van der Waals surface area contributed by atoms with Crippen molar-refractivity contribution in [3.63, 3.8) is 0 Å². The number of nitrogens with one attached hydrogen (secondary N) is 1. The van der Waals surface area contributed by atoms with Crippen LogP contribution >= 0.6 is 0 Å². The molecule has 0 saturated carbocycles. The van der Waals surface area contributed by atoms with Crippen LogP contribution in [0.1, 0.15) is 17.5 Å². The van der Waals surface area contributed by atoms with Crippen molar-refractivity contribution in [2.75, 3.05) is 5.32 Å². The van der Waals surface area contributed by atoms with E-state index in [1.54, 1.807) is 12.1 Å². The number of rotatable bonds is 6. The minimum atomic E-state index is -4.37. The summed E-state index contributed by atoms with van der Waals surface area (Å²) in [5, 5.41) is 10.9. The predicted molar refractivity (Wildman–Crippen MR) is 83.1 cm³/mol. The fraction of sp³-hybridized carbons (Fsp3) is 0.176. The van der Waals surface area contributed by atoms with Gasteiger partial charge in [-0.3, -0.25) is 9.59 Å². The van der Waals surface area contributed by atoms with Crippen LogP contribution in [0.3, 0.4) is 0 Å². The van der Waals surface area contributed by atoms with Gasteiger partial charge in [-0.05, 0) is 42.0 Å². The summed E-state index contributed by atoms with van der Waals surface area (Å²) >= 11 is 0. The highest BCUT2D eigenvalue weighted by Crippen LogP contribution is 2.29. The van der Waals surface area contributed by atoms with Crippen LogP contribution in [0, 0.1) is 0 Å². The Bertz CT molecular complexity index is 740. The Morgan fingerprint density at radius 2 is 1.60 bits per heavy atom. The lowest BCUT2D eigenvalue weighted by Crippen LogP contribution is -2.15. The van der Waals surface area contributed by atoms with Crippen LogP contribution in [0.15, 0.2) is 48.5 Å². The molecule has 1 amide bonds. The van der Waals surface area contributed by atoms with Crippen molar-refractivity contribution in [1.29, 1.82) is 0 Å². The number of carboxylic acids is 1. The number of halogens is 3. The molecule has 0 fully saturated rings. The highest BCUT2D eigenvalue weighted by Gasteiger charge is 2.29. The maximum absolute atomic E-state index is 12.5. The molecule has 132 valence electrons. The third-order valence-corrected chi connectivity index (χ3v) is 3.14. The van der Waals surface area contributed by atoms with Gasteiger partial charge < -0.3 is 15.2 Å². The minimum absolute atomic E-state index is 0.0862. The molecule has 25 heavy (non-hydrogen) atoms. The molecule has 0 heterocycles. The van der Waals surface area contributed by atoms with E-state index in [1.807, 2.05) is 0 Å². The Kier molecular flexibility index (Phi) is 5.63. The summed E-state index contributed by atoms with van der Waals surface area (Å²) in [5.41, 5.74) is 0.262. The quantitative estimate of drug-likeness (QED) is 0.777. The Morgan fingerprint density at radius 3 is 2.12 bits per heavy atom. The van der Waals surface area contributed by atoms with E-state index in [-0.39, 0.29) is 6.61 Å². The molecule has 0 aliphatic carbocycles. The molecule has 0 aliphatic rings. The van der Waals surface area contributed by atoms with Gasteiger partial charge in [0.1, 0.15) is 18.8 Å². The van der Waals surface area contributed by atoms with Gasteiger partial charge in [0.15, 0.2) is 0 Å². The number of aliphatic carboxylic acids is 1. The topological polar surface area (TPSA) is 75.6 Å². The van der Waals surface area contributed by atoms with Crippen LogP contribution in [0.2, 0.25) is 0 Å². The van der Waals surface area contributed by atoms with Gasteiger partial charge in [0.05, 0.1) is 5.56 Å². The first-order valence-corrected chi connectivity index (χ1v) is 7.14. The van der Waals surface area contributed by atoms with Gasteiger partial charge in [-0.1, -0.05) is 12.1 Å². The Hall–Kier alpha value is -3.03. The lowest BCUT2D eigenvalue weighted by Gasteiger charge is -2.10. The number of carbonyl (C=O) groups is 2. The van der Waals surface area contributed by atoms with Crippen LogP contribution in [0.25, 0.3) is 0 Å². The van der Waals surface area contributed by atoms with E-state index in [9.17, 15) is 22.8 Å². The second-order valence-corrected chi connectivity index (χ2v) is 5.13. The zero-order valence-electron chi connectivity index (χ0n) is 12.8. The summed E-state index contributed by atoms with van der Waals surface area (Å²) in [7, 11) is 0. The fourth-order valence-electron chi connectivity index (χ4n) is 1.93. The number of carboxylic acid groups (broad SMARTS) is 1. The van der Waals surface area contributed by atoms with Gasteiger partial charge in [0.25, 0.3) is 0 Å². The number of carbonyl (C=O) groups excluding carboxylic acids is 1. The lowest BCUT2D eigenvalue weighted by molar-refractivity contribution is -0.140. The molecule has 0 saturated heterocycles. The van der Waals surface area contributed by atoms with Crippen molar-refractivity contribution >= 4 is 17.6 Å². The van der Waals surface area contributed by atoms with E-state index in [1.165, 1.54) is 24.3 Å². The van der Waals surface area contributed by atoms with Gasteiger partial charge >= 0.3 is 12.1 Å². The van der Waals surface area contributed by atoms with Gasteiger partial charge in [0.2, 0.25) is 5.91 Å². The maximum atomic E-state index is 12.5. The molecule has 8 heteroatoms. The standard InChI is InChI=1S/C17H14F3NO4/c18-17(19,20)12-3-1-11(2-4-12)10-25-14-7-5-13(6-8-14)21-15(22)9-16(23)24/h1-8H,9-10H2,(H,21,22)(H,23,24). The van der Waals surface area contributed by atoms with Crippen molar-refractivity contribution in [2.24, 2.45) is 0 Å². The van der Waals surface area contributed by atoms with Gasteiger partial charge in [-0.25, -0.2) is 0 Å². The molecule has 2 rings (SSSR count). The average Bonchev–Trinajstić information content (AvgIpc) is 2.53. The summed E-state index contributed by atoms with van der Waals surface area (Å²) in [6, 6.07) is 10.8. The van der Waals surface area contributed by atoms with Crippen LogP contribution in [-0.2, 0) is 22.4 Å². The summed E-state index contributed by atoms with van der Waals surface area (Å²) < 4.78 is 42.9. The maximum Gasteiger partial charge on any atom is 0.416 e. The highest BCUT2D eigenvalue weighted by atomic mass is 19.4. The van der Waals surface area contributed by atoms with Gasteiger partial charge in [-0.15, -0.1) is 0 Å². The molecule has 5 nitrogen and oxygen atoms in total. The first-order valence-electron chi connectivity index (χ1n) is 7.14. The average molecular weight is 353 g/mol. The number of amides is 1. The van der Waals surface area contributed by atoms with Crippen molar-refractivity contribution < 1.29 is 32.6 Å². The molecular formula is C17H14F3NO4. The molecule has 2 N–H and O–H groups in total. The van der Waals surface area contributed by atoms with E-state index in [4.69, 9.17) is 9.84 Å². The Balaban J connectivity index is 1.89. The molecule has 2 aromatic rings. The summed E-state index contributed by atoms with van der Waals surface area (Å²) in [6.45, 7) is 0.0862. The van der Waals surface area contributed by atoms with E-state index in [0.717, 1.165) is 12.1 Å². The normalized spacial score (nSPS) is 11.0. The minimum Gasteiger partial charge on any atom is -0.489 e. The Morgan fingerprint density at radius 1 is 1.00 bits per heavy atom. The molecule has 0 bridgehead atoms. The molecule has 0 spiro atoms. The van der Waals surface area contributed by atoms with E-state index in [0.29, 0.717) is 17.0 Å². The second kappa shape index (κ2) is 7.69. The number of ether oxygens (including phenoxy) is 1. The monoisotopic (exact) mass is 353 g/mol. The first-order chi connectivity index (χ1) is 11.7. The van der Waals surface area contributed by atoms with Crippen LogP contribution in [0.5, 0.6) is 5.75 Å². The molecule has 0 aromatic heterocycles. The van der Waals surface area contributed by atoms with Gasteiger partial charge in [-0.2, -0.15) is 13.2 Å². The van der Waals surface area contributed by atoms with Crippen LogP contribution in [0.4, 0.5) is 18.9 Å². The summed E-state index contributed by atoms with van der Waals surface area (Å²) in [6.07, 6.45) is -5.01. The number of anilines is 1. The number of hydrogen-bond donors (Lipinski definition) is 2. The molecule has 0 unspecified atom stereocenters. The van der Waals surface area contributed by atoms with E-state index in [2.05, 4.69) is 5.32 Å². The number of hydrogen-bond acceptors (Lipinski definition) is 3. The summed E-state index contributed by atoms with van der Waals surface area (Å²) in [5.74, 6) is -1.42. The van der Waals surface area contributed by atoms with Crippen molar-refractivity contribution in [1.82, 2.24) is 0 Å². The largest absolute Gasteiger partial charge is 0.489 e. The number of alkyl halides is 3. The smallest absolute Gasteiger partial charge is 0.416 e. The lowest BCUT2D eigenvalue weighted by atomic mass is 10.1. The van der Waals surface area contributed by atoms with Crippen molar-refractivity contribution in [2.45, 2.75) is 19.2 Å². The first kappa shape index (κ1) is 18.3.